The molecule has 0 bridgehead atoms. The Balaban J connectivity index is 1.66. The molecule has 1 aromatic heterocycles. The highest BCUT2D eigenvalue weighted by Gasteiger charge is 2.19. The van der Waals surface area contributed by atoms with Gasteiger partial charge in [0, 0.05) is 18.8 Å². The second-order valence-electron chi connectivity index (χ2n) is 5.26. The SMILES string of the molecule is O=C(NCC(=O)N1CCCC1)c1cncn1-c1ccccc1. The summed E-state index contributed by atoms with van der Waals surface area (Å²) in [6.45, 7) is 1.60. The van der Waals surface area contributed by atoms with Gasteiger partial charge in [0.05, 0.1) is 19.1 Å². The Hall–Kier alpha value is -2.63. The summed E-state index contributed by atoms with van der Waals surface area (Å²) in [4.78, 5) is 30.1. The molecular formula is C16H18N4O2. The van der Waals surface area contributed by atoms with Crippen LogP contribution in [0.15, 0.2) is 42.9 Å². The lowest BCUT2D eigenvalue weighted by molar-refractivity contribution is -0.129. The summed E-state index contributed by atoms with van der Waals surface area (Å²) in [5, 5.41) is 2.68. The van der Waals surface area contributed by atoms with Gasteiger partial charge in [-0.05, 0) is 25.0 Å². The van der Waals surface area contributed by atoms with Crippen LogP contribution in [0, 0.1) is 0 Å². The van der Waals surface area contributed by atoms with E-state index in [1.54, 1.807) is 15.8 Å². The van der Waals surface area contributed by atoms with E-state index < -0.39 is 0 Å². The monoisotopic (exact) mass is 298 g/mol. The molecule has 1 fully saturated rings. The number of imidazole rings is 1. The largest absolute Gasteiger partial charge is 0.342 e. The normalized spacial score (nSPS) is 14.1. The first kappa shape index (κ1) is 14.3. The first-order valence-corrected chi connectivity index (χ1v) is 7.39. The van der Waals surface area contributed by atoms with Crippen LogP contribution in [0.25, 0.3) is 5.69 Å². The minimum absolute atomic E-state index is 0.0266. The van der Waals surface area contributed by atoms with Crippen molar-refractivity contribution in [2.45, 2.75) is 12.8 Å². The van der Waals surface area contributed by atoms with Gasteiger partial charge in [0.15, 0.2) is 0 Å². The average molecular weight is 298 g/mol. The molecular weight excluding hydrogens is 280 g/mol. The molecule has 1 aliphatic rings. The van der Waals surface area contributed by atoms with Gasteiger partial charge in [0.2, 0.25) is 5.91 Å². The van der Waals surface area contributed by atoms with E-state index in [4.69, 9.17) is 0 Å². The van der Waals surface area contributed by atoms with E-state index >= 15 is 0 Å². The molecule has 2 heterocycles. The smallest absolute Gasteiger partial charge is 0.270 e. The number of nitrogens with one attached hydrogen (secondary N) is 1. The fraction of sp³-hybridized carbons (Fsp3) is 0.312. The number of carbonyl (C=O) groups is 2. The Morgan fingerprint density at radius 2 is 1.86 bits per heavy atom. The Kier molecular flexibility index (Phi) is 4.18. The van der Waals surface area contributed by atoms with Crippen molar-refractivity contribution in [2.75, 3.05) is 19.6 Å². The number of hydrogen-bond donors (Lipinski definition) is 1. The van der Waals surface area contributed by atoms with Crippen molar-refractivity contribution in [3.8, 4) is 5.69 Å². The molecule has 1 saturated heterocycles. The number of rotatable bonds is 4. The first-order valence-electron chi connectivity index (χ1n) is 7.39. The molecule has 1 aromatic carbocycles. The molecule has 6 heteroatoms. The van der Waals surface area contributed by atoms with Crippen molar-refractivity contribution in [1.82, 2.24) is 19.8 Å². The summed E-state index contributed by atoms with van der Waals surface area (Å²) in [6, 6.07) is 9.50. The van der Waals surface area contributed by atoms with Crippen LogP contribution < -0.4 is 5.32 Å². The van der Waals surface area contributed by atoms with Crippen LogP contribution in [0.3, 0.4) is 0 Å². The van der Waals surface area contributed by atoms with Crippen LogP contribution in [-0.2, 0) is 4.79 Å². The number of carbonyl (C=O) groups excluding carboxylic acids is 2. The predicted octanol–water partition coefficient (Wildman–Crippen LogP) is 1.22. The van der Waals surface area contributed by atoms with Gasteiger partial charge in [-0.3, -0.25) is 14.2 Å². The van der Waals surface area contributed by atoms with E-state index in [2.05, 4.69) is 10.3 Å². The molecule has 0 spiro atoms. The fourth-order valence-corrected chi connectivity index (χ4v) is 2.58. The Bertz CT molecular complexity index is 660. The number of aromatic nitrogens is 2. The van der Waals surface area contributed by atoms with E-state index in [0.717, 1.165) is 31.6 Å². The second kappa shape index (κ2) is 6.43. The number of amides is 2. The molecule has 114 valence electrons. The van der Waals surface area contributed by atoms with Gasteiger partial charge < -0.3 is 10.2 Å². The summed E-state index contributed by atoms with van der Waals surface area (Å²) >= 11 is 0. The standard InChI is InChI=1S/C16H18N4O2/c21-15(19-8-4-5-9-19)11-18-16(22)14-10-17-12-20(14)13-6-2-1-3-7-13/h1-3,6-7,10,12H,4-5,8-9,11H2,(H,18,22). The highest BCUT2D eigenvalue weighted by atomic mass is 16.2. The zero-order valence-corrected chi connectivity index (χ0v) is 12.2. The van der Waals surface area contributed by atoms with Crippen molar-refractivity contribution in [2.24, 2.45) is 0 Å². The highest BCUT2D eigenvalue weighted by Crippen LogP contribution is 2.11. The van der Waals surface area contributed by atoms with E-state index in [1.165, 1.54) is 6.20 Å². The number of nitrogens with zero attached hydrogens (tertiary/aromatic N) is 3. The quantitative estimate of drug-likeness (QED) is 0.923. The average Bonchev–Trinajstić information content (AvgIpc) is 3.24. The molecule has 6 nitrogen and oxygen atoms in total. The molecule has 2 aromatic rings. The maximum Gasteiger partial charge on any atom is 0.270 e. The van der Waals surface area contributed by atoms with Crippen molar-refractivity contribution < 1.29 is 9.59 Å². The molecule has 0 saturated carbocycles. The Labute approximate surface area is 128 Å². The lowest BCUT2D eigenvalue weighted by Crippen LogP contribution is -2.39. The fourth-order valence-electron chi connectivity index (χ4n) is 2.58. The topological polar surface area (TPSA) is 67.2 Å². The summed E-state index contributed by atoms with van der Waals surface area (Å²) < 4.78 is 1.70. The summed E-state index contributed by atoms with van der Waals surface area (Å²) in [7, 11) is 0. The van der Waals surface area contributed by atoms with Gasteiger partial charge in [0.25, 0.3) is 5.91 Å². The van der Waals surface area contributed by atoms with Crippen LogP contribution >= 0.6 is 0 Å². The number of para-hydroxylation sites is 1. The zero-order chi connectivity index (χ0) is 15.4. The van der Waals surface area contributed by atoms with Gasteiger partial charge >= 0.3 is 0 Å². The van der Waals surface area contributed by atoms with Crippen LogP contribution in [-0.4, -0.2) is 45.9 Å². The third kappa shape index (κ3) is 3.00. The lowest BCUT2D eigenvalue weighted by atomic mass is 10.3. The molecule has 0 aliphatic carbocycles. The number of benzene rings is 1. The van der Waals surface area contributed by atoms with Crippen LogP contribution in [0.4, 0.5) is 0 Å². The second-order valence-corrected chi connectivity index (χ2v) is 5.26. The van der Waals surface area contributed by atoms with Crippen molar-refractivity contribution in [1.29, 1.82) is 0 Å². The highest BCUT2D eigenvalue weighted by molar-refractivity contribution is 5.95. The first-order chi connectivity index (χ1) is 10.8. The lowest BCUT2D eigenvalue weighted by Gasteiger charge is -2.15. The number of likely N-dealkylation sites (tertiary alicyclic amines) is 1. The molecule has 2 amide bonds. The van der Waals surface area contributed by atoms with E-state index in [1.807, 2.05) is 30.3 Å². The molecule has 0 radical (unpaired) electrons. The molecule has 22 heavy (non-hydrogen) atoms. The maximum atomic E-state index is 12.3. The third-order valence-corrected chi connectivity index (χ3v) is 3.76. The van der Waals surface area contributed by atoms with Crippen molar-refractivity contribution >= 4 is 11.8 Å². The van der Waals surface area contributed by atoms with Crippen molar-refractivity contribution in [3.63, 3.8) is 0 Å². The van der Waals surface area contributed by atoms with Crippen molar-refractivity contribution in [3.05, 3.63) is 48.5 Å². The summed E-state index contributed by atoms with van der Waals surface area (Å²) in [5.41, 5.74) is 1.27. The minimum Gasteiger partial charge on any atom is -0.342 e. The Morgan fingerprint density at radius 1 is 1.14 bits per heavy atom. The molecule has 3 rings (SSSR count). The minimum atomic E-state index is -0.297. The van der Waals surface area contributed by atoms with Gasteiger partial charge in [-0.15, -0.1) is 0 Å². The van der Waals surface area contributed by atoms with Gasteiger partial charge in [-0.1, -0.05) is 18.2 Å². The molecule has 0 atom stereocenters. The van der Waals surface area contributed by atoms with Gasteiger partial charge in [0.1, 0.15) is 5.69 Å². The molecule has 1 N–H and O–H groups in total. The molecule has 0 unspecified atom stereocenters. The molecule has 1 aliphatic heterocycles. The van der Waals surface area contributed by atoms with Crippen LogP contribution in [0.1, 0.15) is 23.3 Å². The van der Waals surface area contributed by atoms with Gasteiger partial charge in [-0.25, -0.2) is 4.98 Å². The van der Waals surface area contributed by atoms with E-state index in [9.17, 15) is 9.59 Å². The van der Waals surface area contributed by atoms with E-state index in [0.29, 0.717) is 5.69 Å². The Morgan fingerprint density at radius 3 is 2.59 bits per heavy atom. The predicted molar refractivity (Wildman–Crippen MR) is 81.7 cm³/mol. The van der Waals surface area contributed by atoms with E-state index in [-0.39, 0.29) is 18.4 Å². The van der Waals surface area contributed by atoms with Gasteiger partial charge in [-0.2, -0.15) is 0 Å². The summed E-state index contributed by atoms with van der Waals surface area (Å²) in [5.74, 6) is -0.328. The third-order valence-electron chi connectivity index (χ3n) is 3.76. The van der Waals surface area contributed by atoms with Crippen LogP contribution in [0.2, 0.25) is 0 Å². The number of hydrogen-bond acceptors (Lipinski definition) is 3. The van der Waals surface area contributed by atoms with Crippen LogP contribution in [0.5, 0.6) is 0 Å². The zero-order valence-electron chi connectivity index (χ0n) is 12.2. The summed E-state index contributed by atoms with van der Waals surface area (Å²) in [6.07, 6.45) is 5.18. The maximum absolute atomic E-state index is 12.3.